The number of thioether (sulfide) groups is 1. The first kappa shape index (κ1) is 20.0. The summed E-state index contributed by atoms with van der Waals surface area (Å²) in [7, 11) is 0. The highest BCUT2D eigenvalue weighted by atomic mass is 32.2. The Morgan fingerprint density at radius 2 is 1.77 bits per heavy atom. The molecule has 0 spiro atoms. The van der Waals surface area contributed by atoms with Crippen LogP contribution in [0.15, 0.2) is 29.2 Å². The van der Waals surface area contributed by atoms with Gasteiger partial charge in [-0.3, -0.25) is 14.9 Å². The van der Waals surface area contributed by atoms with Crippen molar-refractivity contribution in [2.75, 3.05) is 13.1 Å². The highest BCUT2D eigenvalue weighted by molar-refractivity contribution is 8.01. The number of carbonyl (C=O) groups excluding carboxylic acids is 1. The third-order valence-electron chi connectivity index (χ3n) is 3.97. The minimum absolute atomic E-state index is 0.0431. The van der Waals surface area contributed by atoms with Gasteiger partial charge >= 0.3 is 12.1 Å². The average Bonchev–Trinajstić information content (AvgIpc) is 2.54. The van der Waals surface area contributed by atoms with Crippen molar-refractivity contribution in [3.8, 4) is 0 Å². The number of ether oxygens (including phenoxy) is 1. The number of aliphatic carboxylic acids is 1. The van der Waals surface area contributed by atoms with Gasteiger partial charge in [0.2, 0.25) is 0 Å². The Hall–Kier alpha value is -2.29. The standard InChI is InChI=1S/C17H22N2O6S/c1-16(2,3)25-15(22)18-10-8-17(9-11-18,14(20)21)26-13-6-4-12(5-7-13)19(23)24/h4-7H,8-11H2,1-3H3,(H,20,21). The van der Waals surface area contributed by atoms with Crippen LogP contribution in [-0.2, 0) is 9.53 Å². The fourth-order valence-corrected chi connectivity index (χ4v) is 3.80. The smallest absolute Gasteiger partial charge is 0.410 e. The quantitative estimate of drug-likeness (QED) is 0.626. The van der Waals surface area contributed by atoms with Crippen molar-refractivity contribution in [1.29, 1.82) is 0 Å². The average molecular weight is 382 g/mol. The molecule has 1 heterocycles. The number of likely N-dealkylation sites (tertiary alicyclic amines) is 1. The van der Waals surface area contributed by atoms with E-state index in [2.05, 4.69) is 0 Å². The number of non-ortho nitro benzene ring substituents is 1. The Bertz CT molecular complexity index is 690. The molecule has 0 unspecified atom stereocenters. The molecule has 0 aliphatic carbocycles. The zero-order valence-corrected chi connectivity index (χ0v) is 15.7. The predicted octanol–water partition coefficient (Wildman–Crippen LogP) is 3.54. The van der Waals surface area contributed by atoms with Gasteiger partial charge in [-0.25, -0.2) is 4.79 Å². The molecule has 1 aromatic rings. The van der Waals surface area contributed by atoms with Gasteiger partial charge < -0.3 is 14.7 Å². The van der Waals surface area contributed by atoms with Gasteiger partial charge in [0.1, 0.15) is 10.3 Å². The van der Waals surface area contributed by atoms with Gasteiger partial charge in [0.25, 0.3) is 5.69 Å². The molecule has 1 aliphatic heterocycles. The Balaban J connectivity index is 2.07. The maximum Gasteiger partial charge on any atom is 0.410 e. The molecule has 1 amide bonds. The molecule has 9 heteroatoms. The van der Waals surface area contributed by atoms with E-state index in [9.17, 15) is 24.8 Å². The van der Waals surface area contributed by atoms with Crippen LogP contribution in [-0.4, -0.2) is 50.4 Å². The zero-order valence-electron chi connectivity index (χ0n) is 14.9. The second kappa shape index (κ2) is 7.53. The highest BCUT2D eigenvalue weighted by Gasteiger charge is 2.44. The van der Waals surface area contributed by atoms with Crippen LogP contribution >= 0.6 is 11.8 Å². The summed E-state index contributed by atoms with van der Waals surface area (Å²) in [6.07, 6.45) is 0.0868. The third-order valence-corrected chi connectivity index (χ3v) is 5.45. The molecule has 1 N–H and O–H groups in total. The summed E-state index contributed by atoms with van der Waals surface area (Å²) in [5, 5.41) is 20.5. The Labute approximate surface area is 155 Å². The van der Waals surface area contributed by atoms with E-state index < -0.39 is 27.3 Å². The minimum Gasteiger partial charge on any atom is -0.480 e. The lowest BCUT2D eigenvalue weighted by Crippen LogP contribution is -2.50. The maximum atomic E-state index is 12.1. The summed E-state index contributed by atoms with van der Waals surface area (Å²) >= 11 is 1.17. The number of amides is 1. The fourth-order valence-electron chi connectivity index (χ4n) is 2.60. The van der Waals surface area contributed by atoms with Gasteiger partial charge in [-0.05, 0) is 45.7 Å². The molecule has 1 saturated heterocycles. The molecular weight excluding hydrogens is 360 g/mol. The number of benzene rings is 1. The highest BCUT2D eigenvalue weighted by Crippen LogP contribution is 2.41. The van der Waals surface area contributed by atoms with E-state index in [0.717, 1.165) is 0 Å². The van der Waals surface area contributed by atoms with Crippen LogP contribution in [0.4, 0.5) is 10.5 Å². The van der Waals surface area contributed by atoms with Crippen LogP contribution in [0, 0.1) is 10.1 Å². The SMILES string of the molecule is CC(C)(C)OC(=O)N1CCC(Sc2ccc([N+](=O)[O-])cc2)(C(=O)O)CC1. The molecule has 2 rings (SSSR count). The number of piperidine rings is 1. The van der Waals surface area contributed by atoms with Crippen LogP contribution in [0.5, 0.6) is 0 Å². The van der Waals surface area contributed by atoms with Crippen LogP contribution in [0.3, 0.4) is 0 Å². The van der Waals surface area contributed by atoms with E-state index >= 15 is 0 Å². The van der Waals surface area contributed by atoms with Crippen molar-refractivity contribution in [2.45, 2.75) is 48.9 Å². The molecule has 0 aromatic heterocycles. The van der Waals surface area contributed by atoms with E-state index in [-0.39, 0.29) is 31.6 Å². The number of nitro groups is 1. The number of nitrogens with zero attached hydrogens (tertiary/aromatic N) is 2. The molecule has 0 atom stereocenters. The molecule has 142 valence electrons. The largest absolute Gasteiger partial charge is 0.480 e. The summed E-state index contributed by atoms with van der Waals surface area (Å²) in [6.45, 7) is 5.89. The van der Waals surface area contributed by atoms with Crippen LogP contribution in [0.25, 0.3) is 0 Å². The molecule has 0 bridgehead atoms. The number of nitro benzene ring substituents is 1. The van der Waals surface area contributed by atoms with Gasteiger partial charge in [0.15, 0.2) is 0 Å². The molecule has 1 aromatic carbocycles. The number of carboxylic acids is 1. The first-order valence-corrected chi connectivity index (χ1v) is 8.99. The van der Waals surface area contributed by atoms with Gasteiger partial charge in [-0.2, -0.15) is 0 Å². The van der Waals surface area contributed by atoms with Crippen molar-refractivity contribution in [2.24, 2.45) is 0 Å². The van der Waals surface area contributed by atoms with Crippen molar-refractivity contribution < 1.29 is 24.4 Å². The number of carboxylic acid groups (broad SMARTS) is 1. The summed E-state index contributed by atoms with van der Waals surface area (Å²) in [6, 6.07) is 5.81. The van der Waals surface area contributed by atoms with Crippen molar-refractivity contribution in [1.82, 2.24) is 4.90 Å². The monoisotopic (exact) mass is 382 g/mol. The summed E-state index contributed by atoms with van der Waals surface area (Å²) in [5.74, 6) is -0.954. The summed E-state index contributed by atoms with van der Waals surface area (Å²) in [5.41, 5.74) is -0.648. The lowest BCUT2D eigenvalue weighted by atomic mass is 9.96. The molecule has 1 aliphatic rings. The van der Waals surface area contributed by atoms with Gasteiger partial charge in [-0.15, -0.1) is 11.8 Å². The number of carbonyl (C=O) groups is 2. The minimum atomic E-state index is -1.07. The lowest BCUT2D eigenvalue weighted by molar-refractivity contribution is -0.384. The van der Waals surface area contributed by atoms with Crippen molar-refractivity contribution in [3.63, 3.8) is 0 Å². The number of rotatable bonds is 4. The third kappa shape index (κ3) is 4.87. The predicted molar refractivity (Wildman–Crippen MR) is 96.4 cm³/mol. The second-order valence-corrected chi connectivity index (χ2v) is 8.58. The molecule has 0 saturated carbocycles. The van der Waals surface area contributed by atoms with Gasteiger partial charge in [0, 0.05) is 30.1 Å². The first-order chi connectivity index (χ1) is 12.0. The molecule has 1 fully saturated rings. The van der Waals surface area contributed by atoms with Crippen LogP contribution < -0.4 is 0 Å². The fraction of sp³-hybridized carbons (Fsp3) is 0.529. The van der Waals surface area contributed by atoms with Crippen LogP contribution in [0.2, 0.25) is 0 Å². The van der Waals surface area contributed by atoms with Gasteiger partial charge in [0.05, 0.1) is 4.92 Å². The normalized spacial score (nSPS) is 16.8. The van der Waals surface area contributed by atoms with Crippen LogP contribution in [0.1, 0.15) is 33.6 Å². The Morgan fingerprint density at radius 3 is 2.19 bits per heavy atom. The Morgan fingerprint density at radius 1 is 1.23 bits per heavy atom. The maximum absolute atomic E-state index is 12.1. The lowest BCUT2D eigenvalue weighted by Gasteiger charge is -2.38. The first-order valence-electron chi connectivity index (χ1n) is 8.17. The van der Waals surface area contributed by atoms with E-state index in [1.54, 1.807) is 32.9 Å². The van der Waals surface area contributed by atoms with E-state index in [4.69, 9.17) is 4.74 Å². The molecule has 26 heavy (non-hydrogen) atoms. The number of hydrogen-bond acceptors (Lipinski definition) is 6. The van der Waals surface area contributed by atoms with Crippen molar-refractivity contribution in [3.05, 3.63) is 34.4 Å². The second-order valence-electron chi connectivity index (χ2n) is 7.12. The molecule has 0 radical (unpaired) electrons. The number of hydrogen-bond donors (Lipinski definition) is 1. The van der Waals surface area contributed by atoms with Crippen molar-refractivity contribution >= 4 is 29.5 Å². The van der Waals surface area contributed by atoms with E-state index in [0.29, 0.717) is 4.90 Å². The Kier molecular flexibility index (Phi) is 5.80. The van der Waals surface area contributed by atoms with E-state index in [1.165, 1.54) is 28.8 Å². The summed E-state index contributed by atoms with van der Waals surface area (Å²) < 4.78 is 4.25. The van der Waals surface area contributed by atoms with E-state index in [1.807, 2.05) is 0 Å². The zero-order chi connectivity index (χ0) is 19.5. The summed E-state index contributed by atoms with van der Waals surface area (Å²) in [4.78, 5) is 36.4. The topological polar surface area (TPSA) is 110 Å². The molecular formula is C17H22N2O6S. The van der Waals surface area contributed by atoms with Gasteiger partial charge in [-0.1, -0.05) is 0 Å². The molecule has 8 nitrogen and oxygen atoms in total.